The summed E-state index contributed by atoms with van der Waals surface area (Å²) in [5.74, 6) is -0.273. The fourth-order valence-corrected chi connectivity index (χ4v) is 3.22. The molecule has 0 atom stereocenters. The normalized spacial score (nSPS) is 11.0. The van der Waals surface area contributed by atoms with Crippen LogP contribution in [0.25, 0.3) is 0 Å². The Labute approximate surface area is 161 Å². The summed E-state index contributed by atoms with van der Waals surface area (Å²) in [4.78, 5) is 21.7. The molecule has 0 unspecified atom stereocenters. The Morgan fingerprint density at radius 2 is 1.08 bits per heavy atom. The van der Waals surface area contributed by atoms with E-state index in [1.54, 1.807) is 0 Å². The molecule has 0 aromatic carbocycles. The lowest BCUT2D eigenvalue weighted by Gasteiger charge is -2.05. The fraction of sp³-hybridized carbons (Fsp3) is 0.909. The molecule has 0 aromatic rings. The maximum atomic E-state index is 11.3. The van der Waals surface area contributed by atoms with Gasteiger partial charge in [0.25, 0.3) is 0 Å². The van der Waals surface area contributed by atoms with Gasteiger partial charge in [0.15, 0.2) is 0 Å². The second-order valence-corrected chi connectivity index (χ2v) is 8.05. The van der Waals surface area contributed by atoms with Crippen molar-refractivity contribution in [2.45, 2.75) is 117 Å². The highest BCUT2D eigenvalue weighted by molar-refractivity contribution is 5.80. The lowest BCUT2D eigenvalue weighted by Crippen LogP contribution is -2.28. The minimum absolute atomic E-state index is 0.146. The van der Waals surface area contributed by atoms with Gasteiger partial charge in [-0.3, -0.25) is 9.59 Å². The van der Waals surface area contributed by atoms with Crippen LogP contribution in [0.15, 0.2) is 0 Å². The molecule has 0 aromatic heterocycles. The van der Waals surface area contributed by atoms with E-state index in [9.17, 15) is 9.59 Å². The molecule has 0 aliphatic rings. The van der Waals surface area contributed by atoms with Gasteiger partial charge < -0.3 is 10.4 Å². The lowest BCUT2D eigenvalue weighted by molar-refractivity contribution is -0.137. The standard InChI is InChI=1S/C22H43NO3/c1-20(2)17-15-13-11-9-7-5-3-4-6-8-10-12-14-16-18-21(24)23-19-22(25)26/h20H,3-19H2,1-2H3,(H,23,24)(H,25,26). The van der Waals surface area contributed by atoms with Crippen LogP contribution in [0.1, 0.15) is 117 Å². The number of hydrogen-bond donors (Lipinski definition) is 2. The zero-order chi connectivity index (χ0) is 19.5. The monoisotopic (exact) mass is 369 g/mol. The van der Waals surface area contributed by atoms with Gasteiger partial charge in [-0.15, -0.1) is 0 Å². The zero-order valence-corrected chi connectivity index (χ0v) is 17.4. The Kier molecular flexibility index (Phi) is 18.0. The van der Waals surface area contributed by atoms with E-state index in [-0.39, 0.29) is 12.5 Å². The average molecular weight is 370 g/mol. The highest BCUT2D eigenvalue weighted by atomic mass is 16.4. The SMILES string of the molecule is CC(C)CCCCCCCCCCCCCCCCC(=O)NCC(=O)O. The summed E-state index contributed by atoms with van der Waals surface area (Å²) in [5, 5.41) is 10.9. The van der Waals surface area contributed by atoms with Gasteiger partial charge in [0.1, 0.15) is 6.54 Å². The summed E-state index contributed by atoms with van der Waals surface area (Å²) in [7, 11) is 0. The van der Waals surface area contributed by atoms with Crippen molar-refractivity contribution in [3.63, 3.8) is 0 Å². The minimum atomic E-state index is -0.986. The highest BCUT2D eigenvalue weighted by Crippen LogP contribution is 2.14. The number of carboxylic acids is 1. The summed E-state index contributed by atoms with van der Waals surface area (Å²) in [6.45, 7) is 4.35. The molecule has 0 bridgehead atoms. The van der Waals surface area contributed by atoms with Crippen molar-refractivity contribution in [1.29, 1.82) is 0 Å². The number of carboxylic acid groups (broad SMARTS) is 1. The number of carbonyl (C=O) groups is 2. The van der Waals surface area contributed by atoms with Gasteiger partial charge in [0, 0.05) is 6.42 Å². The molecular weight excluding hydrogens is 326 g/mol. The maximum absolute atomic E-state index is 11.3. The molecule has 0 saturated heterocycles. The molecule has 0 saturated carbocycles. The maximum Gasteiger partial charge on any atom is 0.322 e. The Bertz CT molecular complexity index is 342. The Morgan fingerprint density at radius 3 is 1.46 bits per heavy atom. The summed E-state index contributed by atoms with van der Waals surface area (Å²) in [6, 6.07) is 0. The fourth-order valence-electron chi connectivity index (χ4n) is 3.22. The van der Waals surface area contributed by atoms with Gasteiger partial charge in [-0.25, -0.2) is 0 Å². The van der Waals surface area contributed by atoms with Crippen LogP contribution >= 0.6 is 0 Å². The molecule has 154 valence electrons. The van der Waals surface area contributed by atoms with Crippen molar-refractivity contribution in [2.75, 3.05) is 6.54 Å². The summed E-state index contributed by atoms with van der Waals surface area (Å²) < 4.78 is 0. The summed E-state index contributed by atoms with van der Waals surface area (Å²) >= 11 is 0. The number of carbonyl (C=O) groups excluding carboxylic acids is 1. The quantitative estimate of drug-likeness (QED) is 0.271. The topological polar surface area (TPSA) is 66.4 Å². The molecule has 4 heteroatoms. The van der Waals surface area contributed by atoms with Crippen LogP contribution in [-0.4, -0.2) is 23.5 Å². The predicted molar refractivity (Wildman–Crippen MR) is 109 cm³/mol. The molecule has 0 aliphatic heterocycles. The Morgan fingerprint density at radius 1 is 0.692 bits per heavy atom. The summed E-state index contributed by atoms with van der Waals surface area (Å²) in [6.07, 6.45) is 20.1. The molecular formula is C22H43NO3. The molecule has 4 nitrogen and oxygen atoms in total. The predicted octanol–water partition coefficient (Wildman–Crippen LogP) is 6.08. The highest BCUT2D eigenvalue weighted by Gasteiger charge is 2.03. The average Bonchev–Trinajstić information content (AvgIpc) is 2.59. The number of aliphatic carboxylic acids is 1. The zero-order valence-electron chi connectivity index (χ0n) is 17.4. The number of rotatable bonds is 19. The first-order valence-corrected chi connectivity index (χ1v) is 11.0. The third-order valence-electron chi connectivity index (χ3n) is 4.87. The van der Waals surface area contributed by atoms with Crippen LogP contribution in [0.2, 0.25) is 0 Å². The van der Waals surface area contributed by atoms with E-state index in [2.05, 4.69) is 19.2 Å². The van der Waals surface area contributed by atoms with Crippen LogP contribution in [0.4, 0.5) is 0 Å². The minimum Gasteiger partial charge on any atom is -0.480 e. The van der Waals surface area contributed by atoms with E-state index in [1.807, 2.05) is 0 Å². The molecule has 0 heterocycles. The van der Waals surface area contributed by atoms with Gasteiger partial charge >= 0.3 is 5.97 Å². The second-order valence-electron chi connectivity index (χ2n) is 8.05. The third kappa shape index (κ3) is 21.0. The van der Waals surface area contributed by atoms with Gasteiger partial charge in [0.2, 0.25) is 5.91 Å². The van der Waals surface area contributed by atoms with Crippen molar-refractivity contribution in [1.82, 2.24) is 5.32 Å². The first-order valence-electron chi connectivity index (χ1n) is 11.0. The van der Waals surface area contributed by atoms with Crippen molar-refractivity contribution >= 4 is 11.9 Å². The van der Waals surface area contributed by atoms with Gasteiger partial charge in [-0.05, 0) is 12.3 Å². The first kappa shape index (κ1) is 24.9. The molecule has 0 fully saturated rings. The third-order valence-corrected chi connectivity index (χ3v) is 4.87. The molecule has 26 heavy (non-hydrogen) atoms. The molecule has 0 radical (unpaired) electrons. The molecule has 0 spiro atoms. The van der Waals surface area contributed by atoms with Crippen molar-refractivity contribution in [3.05, 3.63) is 0 Å². The van der Waals surface area contributed by atoms with Crippen LogP contribution < -0.4 is 5.32 Å². The van der Waals surface area contributed by atoms with Gasteiger partial charge in [-0.1, -0.05) is 104 Å². The van der Waals surface area contributed by atoms with E-state index < -0.39 is 5.97 Å². The van der Waals surface area contributed by atoms with Gasteiger partial charge in [-0.2, -0.15) is 0 Å². The van der Waals surface area contributed by atoms with Crippen molar-refractivity contribution < 1.29 is 14.7 Å². The van der Waals surface area contributed by atoms with Crippen LogP contribution in [0, 0.1) is 5.92 Å². The van der Waals surface area contributed by atoms with Crippen molar-refractivity contribution in [2.24, 2.45) is 5.92 Å². The Balaban J connectivity index is 3.11. The lowest BCUT2D eigenvalue weighted by atomic mass is 10.0. The second kappa shape index (κ2) is 18.7. The number of amides is 1. The number of unbranched alkanes of at least 4 members (excludes halogenated alkanes) is 13. The van der Waals surface area contributed by atoms with Crippen molar-refractivity contribution in [3.8, 4) is 0 Å². The molecule has 0 aliphatic carbocycles. The Hall–Kier alpha value is -1.06. The number of hydrogen-bond acceptors (Lipinski definition) is 2. The first-order chi connectivity index (χ1) is 12.5. The molecule has 1 amide bonds. The molecule has 2 N–H and O–H groups in total. The van der Waals surface area contributed by atoms with Gasteiger partial charge in [0.05, 0.1) is 0 Å². The summed E-state index contributed by atoms with van der Waals surface area (Å²) in [5.41, 5.74) is 0. The van der Waals surface area contributed by atoms with E-state index in [0.717, 1.165) is 18.8 Å². The van der Waals surface area contributed by atoms with Crippen LogP contribution in [0.3, 0.4) is 0 Å². The molecule has 0 rings (SSSR count). The van der Waals surface area contributed by atoms with E-state index in [1.165, 1.54) is 83.5 Å². The van der Waals surface area contributed by atoms with E-state index >= 15 is 0 Å². The largest absolute Gasteiger partial charge is 0.480 e. The smallest absolute Gasteiger partial charge is 0.322 e. The van der Waals surface area contributed by atoms with Crippen LogP contribution in [0.5, 0.6) is 0 Å². The number of nitrogens with one attached hydrogen (secondary N) is 1. The van der Waals surface area contributed by atoms with Crippen LogP contribution in [-0.2, 0) is 9.59 Å². The van der Waals surface area contributed by atoms with E-state index in [4.69, 9.17) is 5.11 Å². The van der Waals surface area contributed by atoms with E-state index in [0.29, 0.717) is 6.42 Å².